The fraction of sp³-hybridized carbons (Fsp3) is 0.474. The first-order chi connectivity index (χ1) is 11.9. The highest BCUT2D eigenvalue weighted by molar-refractivity contribution is 5.91. The molecule has 1 aromatic rings. The van der Waals surface area contributed by atoms with E-state index in [2.05, 4.69) is 46.0 Å². The van der Waals surface area contributed by atoms with Gasteiger partial charge in [0.25, 0.3) is 0 Å². The third-order valence-corrected chi connectivity index (χ3v) is 4.09. The van der Waals surface area contributed by atoms with E-state index in [1.54, 1.807) is 0 Å². The summed E-state index contributed by atoms with van der Waals surface area (Å²) in [6.07, 6.45) is 7.78. The van der Waals surface area contributed by atoms with E-state index in [1.165, 1.54) is 5.56 Å². The summed E-state index contributed by atoms with van der Waals surface area (Å²) in [4.78, 5) is 9.44. The fourth-order valence-electron chi connectivity index (χ4n) is 2.80. The molecule has 2 aliphatic rings. The summed E-state index contributed by atoms with van der Waals surface area (Å²) >= 11 is 0. The van der Waals surface area contributed by atoms with Crippen molar-refractivity contribution in [3.05, 3.63) is 47.8 Å². The highest BCUT2D eigenvalue weighted by atomic mass is 16.5. The third kappa shape index (κ3) is 5.58. The lowest BCUT2D eigenvalue weighted by atomic mass is 10.1. The highest BCUT2D eigenvalue weighted by Crippen LogP contribution is 2.10. The SMILES string of the molecule is C1=N/C(Cc2ccccc2)=N\C(NC2CCOC2)=C\CCNCC/1. The smallest absolute Gasteiger partial charge is 0.134 e. The normalized spacial score (nSPS) is 28.1. The maximum atomic E-state index is 5.46. The molecule has 0 amide bonds. The number of ether oxygens (including phenoxy) is 1. The van der Waals surface area contributed by atoms with E-state index >= 15 is 0 Å². The van der Waals surface area contributed by atoms with Crippen molar-refractivity contribution in [2.75, 3.05) is 26.3 Å². The first-order valence-corrected chi connectivity index (χ1v) is 8.79. The van der Waals surface area contributed by atoms with Crippen molar-refractivity contribution < 1.29 is 4.74 Å². The Hall–Kier alpha value is -1.98. The molecule has 0 aliphatic carbocycles. The molecule has 0 aromatic heterocycles. The molecule has 1 fully saturated rings. The molecule has 0 radical (unpaired) electrons. The van der Waals surface area contributed by atoms with E-state index in [4.69, 9.17) is 9.73 Å². The number of amidine groups is 1. The van der Waals surface area contributed by atoms with Crippen LogP contribution >= 0.6 is 0 Å². The third-order valence-electron chi connectivity index (χ3n) is 4.09. The molecule has 1 atom stereocenters. The van der Waals surface area contributed by atoms with E-state index < -0.39 is 0 Å². The largest absolute Gasteiger partial charge is 0.379 e. The predicted molar refractivity (Wildman–Crippen MR) is 98.6 cm³/mol. The highest BCUT2D eigenvalue weighted by Gasteiger charge is 2.16. The zero-order chi connectivity index (χ0) is 16.5. The number of benzene rings is 1. The zero-order valence-electron chi connectivity index (χ0n) is 14.1. The molecule has 1 unspecified atom stereocenters. The maximum absolute atomic E-state index is 5.46. The zero-order valence-corrected chi connectivity index (χ0v) is 14.1. The molecule has 2 aliphatic heterocycles. The van der Waals surface area contributed by atoms with Gasteiger partial charge in [-0.1, -0.05) is 30.3 Å². The number of nitrogens with zero attached hydrogens (tertiary/aromatic N) is 2. The maximum Gasteiger partial charge on any atom is 0.134 e. The standard InChI is InChI=1S/C19H26N4O/c1-2-6-16(7-3-1)14-19-21-12-5-11-20-10-4-8-18(23-19)22-17-9-13-24-15-17/h1-3,6-8,12,17,20,22H,4-5,9-11,13-15H2/b18-8+,21-12+,23-19-. The minimum Gasteiger partial charge on any atom is -0.379 e. The lowest BCUT2D eigenvalue weighted by molar-refractivity contribution is 0.191. The van der Waals surface area contributed by atoms with Gasteiger partial charge < -0.3 is 15.4 Å². The topological polar surface area (TPSA) is 58.0 Å². The van der Waals surface area contributed by atoms with Crippen LogP contribution in [0.4, 0.5) is 0 Å². The van der Waals surface area contributed by atoms with Crippen molar-refractivity contribution >= 4 is 12.1 Å². The van der Waals surface area contributed by atoms with Crippen LogP contribution in [0.25, 0.3) is 0 Å². The van der Waals surface area contributed by atoms with E-state index in [1.807, 2.05) is 12.3 Å². The number of nitrogens with one attached hydrogen (secondary N) is 2. The number of aliphatic imine (C=N–C) groups is 2. The molecule has 24 heavy (non-hydrogen) atoms. The van der Waals surface area contributed by atoms with Crippen LogP contribution < -0.4 is 10.6 Å². The molecule has 5 heteroatoms. The van der Waals surface area contributed by atoms with Crippen LogP contribution in [0.3, 0.4) is 0 Å². The van der Waals surface area contributed by atoms with Crippen LogP contribution in [0.5, 0.6) is 0 Å². The molecule has 1 aromatic carbocycles. The van der Waals surface area contributed by atoms with Gasteiger partial charge >= 0.3 is 0 Å². The van der Waals surface area contributed by atoms with Crippen molar-refractivity contribution in [3.8, 4) is 0 Å². The van der Waals surface area contributed by atoms with Crippen molar-refractivity contribution in [3.63, 3.8) is 0 Å². The van der Waals surface area contributed by atoms with Gasteiger partial charge in [-0.2, -0.15) is 0 Å². The summed E-state index contributed by atoms with van der Waals surface area (Å²) in [6.45, 7) is 3.49. The Kier molecular flexibility index (Phi) is 6.57. The monoisotopic (exact) mass is 326 g/mol. The van der Waals surface area contributed by atoms with E-state index in [0.29, 0.717) is 6.04 Å². The molecule has 1 saturated heterocycles. The van der Waals surface area contributed by atoms with Gasteiger partial charge in [-0.15, -0.1) is 0 Å². The second-order valence-electron chi connectivity index (χ2n) is 6.12. The van der Waals surface area contributed by atoms with Gasteiger partial charge in [-0.3, -0.25) is 0 Å². The van der Waals surface area contributed by atoms with Crippen LogP contribution in [0.15, 0.2) is 52.2 Å². The van der Waals surface area contributed by atoms with Crippen molar-refractivity contribution in [2.24, 2.45) is 9.98 Å². The molecule has 128 valence electrons. The van der Waals surface area contributed by atoms with Gasteiger partial charge in [-0.05, 0) is 37.4 Å². The first-order valence-electron chi connectivity index (χ1n) is 8.79. The minimum absolute atomic E-state index is 0.347. The summed E-state index contributed by atoms with van der Waals surface area (Å²) in [6, 6.07) is 10.7. The molecule has 2 N–H and O–H groups in total. The van der Waals surface area contributed by atoms with Gasteiger partial charge in [0.1, 0.15) is 11.7 Å². The summed E-state index contributed by atoms with van der Waals surface area (Å²) < 4.78 is 5.46. The Morgan fingerprint density at radius 2 is 2.04 bits per heavy atom. The van der Waals surface area contributed by atoms with Gasteiger partial charge in [0, 0.05) is 25.8 Å². The van der Waals surface area contributed by atoms with Crippen LogP contribution in [0, 0.1) is 0 Å². The molecule has 0 spiro atoms. The van der Waals surface area contributed by atoms with E-state index in [9.17, 15) is 0 Å². The summed E-state index contributed by atoms with van der Waals surface area (Å²) in [5, 5.41) is 6.94. The summed E-state index contributed by atoms with van der Waals surface area (Å²) in [5.74, 6) is 1.76. The quantitative estimate of drug-likeness (QED) is 0.893. The Labute approximate surface area is 143 Å². The average Bonchev–Trinajstić information content (AvgIpc) is 3.09. The average molecular weight is 326 g/mol. The lowest BCUT2D eigenvalue weighted by Crippen LogP contribution is -2.28. The second-order valence-corrected chi connectivity index (χ2v) is 6.12. The van der Waals surface area contributed by atoms with Crippen molar-refractivity contribution in [1.82, 2.24) is 10.6 Å². The number of hydrogen-bond acceptors (Lipinski definition) is 5. The Morgan fingerprint density at radius 1 is 1.17 bits per heavy atom. The molecule has 2 heterocycles. The van der Waals surface area contributed by atoms with Crippen LogP contribution in [0.1, 0.15) is 24.8 Å². The van der Waals surface area contributed by atoms with Crippen LogP contribution in [-0.2, 0) is 11.2 Å². The second kappa shape index (κ2) is 9.35. The van der Waals surface area contributed by atoms with E-state index in [-0.39, 0.29) is 0 Å². The molecule has 3 rings (SSSR count). The van der Waals surface area contributed by atoms with Crippen molar-refractivity contribution in [2.45, 2.75) is 31.7 Å². The fourth-order valence-corrected chi connectivity index (χ4v) is 2.80. The minimum atomic E-state index is 0.347. The van der Waals surface area contributed by atoms with Crippen LogP contribution in [0.2, 0.25) is 0 Å². The number of hydrogen-bond donors (Lipinski definition) is 2. The first kappa shape index (κ1) is 16.9. The Bertz CT molecular complexity index is 589. The predicted octanol–water partition coefficient (Wildman–Crippen LogP) is 2.30. The summed E-state index contributed by atoms with van der Waals surface area (Å²) in [5.41, 5.74) is 1.23. The van der Waals surface area contributed by atoms with Gasteiger partial charge in [0.2, 0.25) is 0 Å². The van der Waals surface area contributed by atoms with Crippen LogP contribution in [-0.4, -0.2) is 44.4 Å². The van der Waals surface area contributed by atoms with Crippen molar-refractivity contribution in [1.29, 1.82) is 0 Å². The van der Waals surface area contributed by atoms with Gasteiger partial charge in [-0.25, -0.2) is 9.98 Å². The summed E-state index contributed by atoms with van der Waals surface area (Å²) in [7, 11) is 0. The molecular formula is C19H26N4O. The molecule has 5 nitrogen and oxygen atoms in total. The van der Waals surface area contributed by atoms with Gasteiger partial charge in [0.05, 0.1) is 12.6 Å². The Morgan fingerprint density at radius 3 is 2.88 bits per heavy atom. The molecular weight excluding hydrogens is 300 g/mol. The number of rotatable bonds is 4. The molecule has 0 bridgehead atoms. The lowest BCUT2D eigenvalue weighted by Gasteiger charge is -2.13. The van der Waals surface area contributed by atoms with Gasteiger partial charge in [0.15, 0.2) is 0 Å². The Balaban J connectivity index is 1.78. The molecule has 0 saturated carbocycles. The van der Waals surface area contributed by atoms with E-state index in [0.717, 1.165) is 63.6 Å².